The number of carboxylic acid groups (broad SMARTS) is 1. The maximum absolute atomic E-state index is 10.7. The summed E-state index contributed by atoms with van der Waals surface area (Å²) in [6, 6.07) is 0. The van der Waals surface area contributed by atoms with Crippen molar-refractivity contribution >= 4 is 11.8 Å². The van der Waals surface area contributed by atoms with Crippen molar-refractivity contribution in [2.75, 3.05) is 11.9 Å². The fourth-order valence-electron chi connectivity index (χ4n) is 2.32. The largest absolute Gasteiger partial charge is 0.476 e. The minimum Gasteiger partial charge on any atom is -0.476 e. The number of nitrogens with zero attached hydrogens (tertiary/aromatic N) is 2. The quantitative estimate of drug-likeness (QED) is 0.835. The second-order valence-electron chi connectivity index (χ2n) is 4.64. The lowest BCUT2D eigenvalue weighted by molar-refractivity contribution is 0.0690. The van der Waals surface area contributed by atoms with Crippen LogP contribution in [0, 0.1) is 11.8 Å². The first-order valence-electron chi connectivity index (χ1n) is 5.96. The van der Waals surface area contributed by atoms with Gasteiger partial charge in [-0.15, -0.1) is 0 Å². The van der Waals surface area contributed by atoms with E-state index in [1.54, 1.807) is 6.20 Å². The van der Waals surface area contributed by atoms with Gasteiger partial charge in [0.05, 0.1) is 12.4 Å². The average Bonchev–Trinajstić information content (AvgIpc) is 2.72. The van der Waals surface area contributed by atoms with E-state index in [4.69, 9.17) is 5.11 Å². The van der Waals surface area contributed by atoms with Gasteiger partial charge in [0.25, 0.3) is 0 Å². The van der Waals surface area contributed by atoms with E-state index in [1.165, 1.54) is 25.5 Å². The van der Waals surface area contributed by atoms with E-state index in [2.05, 4.69) is 22.2 Å². The second-order valence-corrected chi connectivity index (χ2v) is 4.64. The van der Waals surface area contributed by atoms with Gasteiger partial charge in [0.1, 0.15) is 5.82 Å². The smallest absolute Gasteiger partial charge is 0.356 e. The van der Waals surface area contributed by atoms with E-state index in [-0.39, 0.29) is 5.69 Å². The van der Waals surface area contributed by atoms with Crippen molar-refractivity contribution < 1.29 is 9.90 Å². The Kier molecular flexibility index (Phi) is 3.56. The van der Waals surface area contributed by atoms with Crippen LogP contribution in [-0.4, -0.2) is 27.6 Å². The van der Waals surface area contributed by atoms with Gasteiger partial charge in [-0.2, -0.15) is 0 Å². The summed E-state index contributed by atoms with van der Waals surface area (Å²) in [5.74, 6) is 0.891. The molecule has 0 spiro atoms. The van der Waals surface area contributed by atoms with Crippen LogP contribution < -0.4 is 5.32 Å². The summed E-state index contributed by atoms with van der Waals surface area (Å²) < 4.78 is 0. The molecule has 0 amide bonds. The third-order valence-electron chi connectivity index (χ3n) is 3.44. The van der Waals surface area contributed by atoms with Crippen molar-refractivity contribution in [3.8, 4) is 0 Å². The van der Waals surface area contributed by atoms with Crippen LogP contribution in [0.15, 0.2) is 12.4 Å². The van der Waals surface area contributed by atoms with Crippen molar-refractivity contribution in [2.24, 2.45) is 11.8 Å². The summed E-state index contributed by atoms with van der Waals surface area (Å²) in [6.45, 7) is 3.11. The number of nitrogens with one attached hydrogen (secondary N) is 1. The summed E-state index contributed by atoms with van der Waals surface area (Å²) in [5.41, 5.74) is -0.0190. The number of rotatable bonds is 4. The highest BCUT2D eigenvalue weighted by Crippen LogP contribution is 2.30. The molecular formula is C12H17N3O2. The van der Waals surface area contributed by atoms with Crippen molar-refractivity contribution in [3.63, 3.8) is 0 Å². The molecule has 2 atom stereocenters. The summed E-state index contributed by atoms with van der Waals surface area (Å²) in [5, 5.41) is 12.0. The van der Waals surface area contributed by atoms with Crippen LogP contribution >= 0.6 is 0 Å². The molecule has 92 valence electrons. The molecule has 0 aliphatic heterocycles. The number of hydrogen-bond acceptors (Lipinski definition) is 4. The van der Waals surface area contributed by atoms with Gasteiger partial charge in [-0.25, -0.2) is 9.78 Å². The highest BCUT2D eigenvalue weighted by Gasteiger charge is 2.22. The molecule has 0 bridgehead atoms. The first-order chi connectivity index (χ1) is 8.16. The van der Waals surface area contributed by atoms with E-state index >= 15 is 0 Å². The predicted octanol–water partition coefficient (Wildman–Crippen LogP) is 2.02. The molecule has 5 heteroatoms. The number of carboxylic acids is 1. The minimum atomic E-state index is -1.05. The summed E-state index contributed by atoms with van der Waals surface area (Å²) in [7, 11) is 0. The Morgan fingerprint density at radius 2 is 2.35 bits per heavy atom. The minimum absolute atomic E-state index is 0.0190. The fraction of sp³-hybridized carbons (Fsp3) is 0.583. The Hall–Kier alpha value is -1.65. The van der Waals surface area contributed by atoms with E-state index in [0.717, 1.165) is 12.5 Å². The van der Waals surface area contributed by atoms with Gasteiger partial charge in [-0.3, -0.25) is 4.98 Å². The molecule has 5 nitrogen and oxygen atoms in total. The van der Waals surface area contributed by atoms with Gasteiger partial charge in [-0.05, 0) is 18.3 Å². The molecule has 2 rings (SSSR count). The summed E-state index contributed by atoms with van der Waals surface area (Å²) >= 11 is 0. The first kappa shape index (κ1) is 11.8. The molecule has 1 saturated carbocycles. The first-order valence-corrected chi connectivity index (χ1v) is 5.96. The van der Waals surface area contributed by atoms with Crippen LogP contribution in [0.1, 0.15) is 36.7 Å². The molecule has 2 N–H and O–H groups in total. The Bertz CT molecular complexity index is 408. The van der Waals surface area contributed by atoms with E-state index in [9.17, 15) is 4.79 Å². The van der Waals surface area contributed by atoms with Crippen molar-refractivity contribution in [2.45, 2.75) is 26.2 Å². The van der Waals surface area contributed by atoms with Crippen LogP contribution in [0.5, 0.6) is 0 Å². The molecule has 2 unspecified atom stereocenters. The molecule has 0 aromatic carbocycles. The average molecular weight is 235 g/mol. The highest BCUT2D eigenvalue weighted by atomic mass is 16.4. The maximum atomic E-state index is 10.7. The predicted molar refractivity (Wildman–Crippen MR) is 64.0 cm³/mol. The Balaban J connectivity index is 1.94. The molecule has 1 fully saturated rings. The molecule has 1 aromatic rings. The van der Waals surface area contributed by atoms with Crippen LogP contribution in [-0.2, 0) is 0 Å². The van der Waals surface area contributed by atoms with E-state index < -0.39 is 5.97 Å². The van der Waals surface area contributed by atoms with Gasteiger partial charge in [-0.1, -0.05) is 19.8 Å². The highest BCUT2D eigenvalue weighted by molar-refractivity contribution is 5.85. The van der Waals surface area contributed by atoms with Gasteiger partial charge in [0.2, 0.25) is 0 Å². The zero-order chi connectivity index (χ0) is 12.3. The SMILES string of the molecule is CC1CCCC1CNc1cncc(C(=O)O)n1. The number of anilines is 1. The maximum Gasteiger partial charge on any atom is 0.356 e. The number of aromatic nitrogens is 2. The normalized spacial score (nSPS) is 23.6. The van der Waals surface area contributed by atoms with Crippen LogP contribution in [0.3, 0.4) is 0 Å². The standard InChI is InChI=1S/C12H17N3O2/c1-8-3-2-4-9(8)5-14-11-7-13-6-10(15-11)12(16)17/h6-9H,2-5H2,1H3,(H,14,15)(H,16,17). The summed E-state index contributed by atoms with van der Waals surface area (Å²) in [4.78, 5) is 18.6. The van der Waals surface area contributed by atoms with Gasteiger partial charge in [0.15, 0.2) is 5.69 Å². The Morgan fingerprint density at radius 1 is 1.53 bits per heavy atom. The van der Waals surface area contributed by atoms with Gasteiger partial charge >= 0.3 is 5.97 Å². The van der Waals surface area contributed by atoms with Crippen LogP contribution in [0.2, 0.25) is 0 Å². The van der Waals surface area contributed by atoms with Crippen molar-refractivity contribution in [3.05, 3.63) is 18.1 Å². The lowest BCUT2D eigenvalue weighted by atomic mass is 9.98. The topological polar surface area (TPSA) is 75.1 Å². The zero-order valence-electron chi connectivity index (χ0n) is 9.89. The molecule has 0 saturated heterocycles. The lowest BCUT2D eigenvalue weighted by Crippen LogP contribution is -2.17. The Morgan fingerprint density at radius 3 is 3.00 bits per heavy atom. The molecule has 1 aliphatic rings. The third-order valence-corrected chi connectivity index (χ3v) is 3.44. The number of hydrogen-bond donors (Lipinski definition) is 2. The van der Waals surface area contributed by atoms with Gasteiger partial charge in [0, 0.05) is 6.54 Å². The Labute approximate surface area is 100 Å². The van der Waals surface area contributed by atoms with E-state index in [0.29, 0.717) is 11.7 Å². The molecule has 1 heterocycles. The summed E-state index contributed by atoms with van der Waals surface area (Å²) in [6.07, 6.45) is 6.62. The zero-order valence-corrected chi connectivity index (χ0v) is 9.89. The molecule has 17 heavy (non-hydrogen) atoms. The van der Waals surface area contributed by atoms with Crippen molar-refractivity contribution in [1.29, 1.82) is 0 Å². The monoisotopic (exact) mass is 235 g/mol. The molecule has 1 aromatic heterocycles. The molecular weight excluding hydrogens is 218 g/mol. The number of aromatic carboxylic acids is 1. The van der Waals surface area contributed by atoms with Crippen LogP contribution in [0.4, 0.5) is 5.82 Å². The third kappa shape index (κ3) is 2.93. The second kappa shape index (κ2) is 5.12. The van der Waals surface area contributed by atoms with Crippen molar-refractivity contribution in [1.82, 2.24) is 9.97 Å². The molecule has 1 aliphatic carbocycles. The van der Waals surface area contributed by atoms with E-state index in [1.807, 2.05) is 0 Å². The number of carbonyl (C=O) groups is 1. The van der Waals surface area contributed by atoms with Crippen LogP contribution in [0.25, 0.3) is 0 Å². The van der Waals surface area contributed by atoms with Gasteiger partial charge < -0.3 is 10.4 Å². The fourth-order valence-corrected chi connectivity index (χ4v) is 2.32. The lowest BCUT2D eigenvalue weighted by Gasteiger charge is -2.16. The molecule has 0 radical (unpaired) electrons.